The van der Waals surface area contributed by atoms with E-state index in [-0.39, 0.29) is 5.41 Å². The van der Waals surface area contributed by atoms with Crippen LogP contribution in [-0.2, 0) is 4.79 Å². The predicted molar refractivity (Wildman–Crippen MR) is 82.7 cm³/mol. The molecule has 0 bridgehead atoms. The van der Waals surface area contributed by atoms with Crippen LogP contribution in [0.15, 0.2) is 0 Å². The van der Waals surface area contributed by atoms with Crippen LogP contribution in [0.1, 0.15) is 52.4 Å². The molecular formula is C16H31N3O. The monoisotopic (exact) mass is 281 g/mol. The smallest absolute Gasteiger partial charge is 0.226 e. The second-order valence-electron chi connectivity index (χ2n) is 6.58. The highest BCUT2D eigenvalue weighted by Crippen LogP contribution is 2.34. The number of hydrogen-bond donors (Lipinski definition) is 2. The van der Waals surface area contributed by atoms with Gasteiger partial charge < -0.3 is 10.6 Å². The molecule has 2 N–H and O–H groups in total. The number of nitrogens with zero attached hydrogens (tertiary/aromatic N) is 1. The summed E-state index contributed by atoms with van der Waals surface area (Å²) in [4.78, 5) is 15.2. The highest BCUT2D eigenvalue weighted by atomic mass is 16.2. The molecular weight excluding hydrogens is 250 g/mol. The fraction of sp³-hybridized carbons (Fsp3) is 0.938. The van der Waals surface area contributed by atoms with Crippen molar-refractivity contribution >= 4 is 5.91 Å². The molecule has 116 valence electrons. The molecule has 0 spiro atoms. The molecule has 0 aromatic heterocycles. The summed E-state index contributed by atoms with van der Waals surface area (Å²) in [6.07, 6.45) is 6.72. The minimum atomic E-state index is -0.106. The van der Waals surface area contributed by atoms with Gasteiger partial charge in [-0.3, -0.25) is 9.69 Å². The third-order valence-corrected chi connectivity index (χ3v) is 5.09. The maximum absolute atomic E-state index is 12.7. The van der Waals surface area contributed by atoms with Crippen LogP contribution in [0, 0.1) is 5.41 Å². The van der Waals surface area contributed by atoms with Crippen LogP contribution in [0.25, 0.3) is 0 Å². The van der Waals surface area contributed by atoms with E-state index >= 15 is 0 Å². The van der Waals surface area contributed by atoms with E-state index in [0.717, 1.165) is 45.3 Å². The van der Waals surface area contributed by atoms with Gasteiger partial charge in [-0.1, -0.05) is 13.3 Å². The van der Waals surface area contributed by atoms with E-state index < -0.39 is 0 Å². The Labute approximate surface area is 123 Å². The van der Waals surface area contributed by atoms with Gasteiger partial charge >= 0.3 is 0 Å². The molecule has 1 amide bonds. The molecule has 2 heterocycles. The van der Waals surface area contributed by atoms with Gasteiger partial charge in [-0.25, -0.2) is 0 Å². The van der Waals surface area contributed by atoms with E-state index in [4.69, 9.17) is 0 Å². The number of likely N-dealkylation sites (tertiary alicyclic amines) is 1. The molecule has 0 aromatic carbocycles. The number of nitrogens with one attached hydrogen (secondary N) is 2. The lowest BCUT2D eigenvalue weighted by Gasteiger charge is -2.37. The van der Waals surface area contributed by atoms with Gasteiger partial charge in [0.05, 0.1) is 5.41 Å². The van der Waals surface area contributed by atoms with Gasteiger partial charge in [0.2, 0.25) is 5.91 Å². The zero-order chi connectivity index (χ0) is 14.4. The third kappa shape index (κ3) is 3.73. The average molecular weight is 281 g/mol. The van der Waals surface area contributed by atoms with Crippen molar-refractivity contribution in [2.24, 2.45) is 5.41 Å². The quantitative estimate of drug-likeness (QED) is 0.780. The summed E-state index contributed by atoms with van der Waals surface area (Å²) in [5.74, 6) is 0.298. The number of hydrogen-bond acceptors (Lipinski definition) is 3. The first-order valence-corrected chi connectivity index (χ1v) is 8.41. The van der Waals surface area contributed by atoms with Crippen molar-refractivity contribution in [3.8, 4) is 0 Å². The number of rotatable bonds is 6. The molecule has 2 aliphatic heterocycles. The van der Waals surface area contributed by atoms with Gasteiger partial charge in [0.15, 0.2) is 0 Å². The molecule has 0 aromatic rings. The first kappa shape index (κ1) is 15.8. The summed E-state index contributed by atoms with van der Waals surface area (Å²) in [6.45, 7) is 9.58. The van der Waals surface area contributed by atoms with E-state index in [1.54, 1.807) is 0 Å². The largest absolute Gasteiger partial charge is 0.354 e. The molecule has 2 rings (SSSR count). The van der Waals surface area contributed by atoms with E-state index in [1.165, 1.54) is 25.9 Å². The van der Waals surface area contributed by atoms with Crippen molar-refractivity contribution in [2.75, 3.05) is 32.7 Å². The lowest BCUT2D eigenvalue weighted by atomic mass is 9.74. The Morgan fingerprint density at radius 2 is 1.95 bits per heavy atom. The highest BCUT2D eigenvalue weighted by molar-refractivity contribution is 5.82. The normalized spacial score (nSPS) is 24.5. The van der Waals surface area contributed by atoms with Gasteiger partial charge in [-0.2, -0.15) is 0 Å². The van der Waals surface area contributed by atoms with Crippen LogP contribution in [0.3, 0.4) is 0 Å². The summed E-state index contributed by atoms with van der Waals surface area (Å²) in [5.41, 5.74) is -0.106. The zero-order valence-corrected chi connectivity index (χ0v) is 13.2. The summed E-state index contributed by atoms with van der Waals surface area (Å²) in [7, 11) is 0. The fourth-order valence-corrected chi connectivity index (χ4v) is 3.71. The predicted octanol–water partition coefficient (Wildman–Crippen LogP) is 1.76. The first-order chi connectivity index (χ1) is 9.68. The molecule has 1 unspecified atom stereocenters. The topological polar surface area (TPSA) is 44.4 Å². The summed E-state index contributed by atoms with van der Waals surface area (Å²) in [5, 5.41) is 6.62. The Morgan fingerprint density at radius 3 is 2.55 bits per heavy atom. The zero-order valence-electron chi connectivity index (χ0n) is 13.2. The van der Waals surface area contributed by atoms with Gasteiger partial charge in [-0.05, 0) is 65.2 Å². The minimum Gasteiger partial charge on any atom is -0.354 e. The molecule has 20 heavy (non-hydrogen) atoms. The molecule has 4 heteroatoms. The summed E-state index contributed by atoms with van der Waals surface area (Å²) >= 11 is 0. The van der Waals surface area contributed by atoms with Crippen molar-refractivity contribution in [2.45, 2.75) is 58.4 Å². The van der Waals surface area contributed by atoms with Gasteiger partial charge in [0.1, 0.15) is 0 Å². The van der Waals surface area contributed by atoms with Crippen LogP contribution < -0.4 is 10.6 Å². The average Bonchev–Trinajstić information content (AvgIpc) is 3.00. The maximum atomic E-state index is 12.7. The van der Waals surface area contributed by atoms with Gasteiger partial charge in [-0.15, -0.1) is 0 Å². The molecule has 2 aliphatic rings. The van der Waals surface area contributed by atoms with Crippen LogP contribution in [0.4, 0.5) is 0 Å². The number of amides is 1. The van der Waals surface area contributed by atoms with Crippen molar-refractivity contribution < 1.29 is 4.79 Å². The molecule has 2 fully saturated rings. The Bertz CT molecular complexity index is 301. The summed E-state index contributed by atoms with van der Waals surface area (Å²) in [6, 6.07) is 0.474. The lowest BCUT2D eigenvalue weighted by molar-refractivity contribution is -0.133. The lowest BCUT2D eigenvalue weighted by Crippen LogP contribution is -2.50. The molecule has 1 atom stereocenters. The van der Waals surface area contributed by atoms with Crippen molar-refractivity contribution in [3.05, 3.63) is 0 Å². The van der Waals surface area contributed by atoms with Crippen molar-refractivity contribution in [3.63, 3.8) is 0 Å². The van der Waals surface area contributed by atoms with Gasteiger partial charge in [0.25, 0.3) is 0 Å². The van der Waals surface area contributed by atoms with Crippen molar-refractivity contribution in [1.29, 1.82) is 0 Å². The third-order valence-electron chi connectivity index (χ3n) is 5.09. The van der Waals surface area contributed by atoms with Crippen LogP contribution >= 0.6 is 0 Å². The second kappa shape index (κ2) is 7.41. The molecule has 4 nitrogen and oxygen atoms in total. The van der Waals surface area contributed by atoms with Crippen molar-refractivity contribution in [1.82, 2.24) is 15.5 Å². The van der Waals surface area contributed by atoms with E-state index in [9.17, 15) is 4.79 Å². The molecule has 0 aliphatic carbocycles. The Hall–Kier alpha value is -0.610. The van der Waals surface area contributed by atoms with Crippen LogP contribution in [0.2, 0.25) is 0 Å². The van der Waals surface area contributed by atoms with Crippen LogP contribution in [0.5, 0.6) is 0 Å². The summed E-state index contributed by atoms with van der Waals surface area (Å²) < 4.78 is 0. The van der Waals surface area contributed by atoms with Crippen LogP contribution in [-0.4, -0.2) is 49.6 Å². The molecule has 0 saturated carbocycles. The first-order valence-electron chi connectivity index (χ1n) is 8.41. The number of piperidine rings is 1. The highest BCUT2D eigenvalue weighted by Gasteiger charge is 2.38. The Balaban J connectivity index is 1.84. The molecule has 0 radical (unpaired) electrons. The van der Waals surface area contributed by atoms with E-state index in [1.807, 2.05) is 0 Å². The fourth-order valence-electron chi connectivity index (χ4n) is 3.71. The number of carbonyl (C=O) groups is 1. The SMILES string of the molecule is CCCC1(C(=O)NCC(C)N2CCCC2)CCNCC1. The Morgan fingerprint density at radius 1 is 1.30 bits per heavy atom. The molecule has 2 saturated heterocycles. The maximum Gasteiger partial charge on any atom is 0.226 e. The second-order valence-corrected chi connectivity index (χ2v) is 6.58. The van der Waals surface area contributed by atoms with E-state index in [0.29, 0.717) is 11.9 Å². The Kier molecular flexibility index (Phi) is 5.85. The van der Waals surface area contributed by atoms with E-state index in [2.05, 4.69) is 29.4 Å². The standard InChI is InChI=1S/C16H31N3O/c1-3-6-16(7-9-17-10-8-16)15(20)18-13-14(2)19-11-4-5-12-19/h14,17H,3-13H2,1-2H3,(H,18,20). The van der Waals surface area contributed by atoms with Gasteiger partial charge in [0, 0.05) is 12.6 Å². The minimum absolute atomic E-state index is 0.106. The number of carbonyl (C=O) groups excluding carboxylic acids is 1.